The van der Waals surface area contributed by atoms with E-state index in [-0.39, 0.29) is 0 Å². The normalized spacial score (nSPS) is 9.83. The molecule has 1 heterocycles. The van der Waals surface area contributed by atoms with Crippen LogP contribution in [-0.2, 0) is 6.54 Å². The van der Waals surface area contributed by atoms with Crippen molar-refractivity contribution in [2.24, 2.45) is 0 Å². The van der Waals surface area contributed by atoms with Crippen LogP contribution >= 0.6 is 31.9 Å². The Morgan fingerprint density at radius 3 is 2.61 bits per heavy atom. The molecule has 0 amide bonds. The molecule has 0 saturated heterocycles. The maximum Gasteiger partial charge on any atom is 0.101 e. The van der Waals surface area contributed by atoms with E-state index < -0.39 is 0 Å². The van der Waals surface area contributed by atoms with Crippen LogP contribution < -0.4 is 5.32 Å². The standard InChI is InChI=1S/C13H9Br2N3/c14-10-2-1-9(6-16)13(5-10)18-8-12-4-3-11(15)7-17-12/h1-5,7,18H,8H2. The van der Waals surface area contributed by atoms with Crippen molar-refractivity contribution in [2.75, 3.05) is 5.32 Å². The summed E-state index contributed by atoms with van der Waals surface area (Å²) in [5, 5.41) is 12.2. The number of benzene rings is 1. The lowest BCUT2D eigenvalue weighted by atomic mass is 10.2. The van der Waals surface area contributed by atoms with Crippen molar-refractivity contribution in [3.63, 3.8) is 0 Å². The van der Waals surface area contributed by atoms with Gasteiger partial charge in [0.2, 0.25) is 0 Å². The van der Waals surface area contributed by atoms with Crippen LogP contribution in [0.5, 0.6) is 0 Å². The van der Waals surface area contributed by atoms with E-state index in [0.29, 0.717) is 12.1 Å². The summed E-state index contributed by atoms with van der Waals surface area (Å²) in [6, 6.07) is 11.5. The maximum absolute atomic E-state index is 9.02. The highest BCUT2D eigenvalue weighted by atomic mass is 79.9. The topological polar surface area (TPSA) is 48.7 Å². The van der Waals surface area contributed by atoms with Gasteiger partial charge >= 0.3 is 0 Å². The van der Waals surface area contributed by atoms with Crippen LogP contribution in [0.4, 0.5) is 5.69 Å². The molecular weight excluding hydrogens is 358 g/mol. The molecule has 0 aliphatic heterocycles. The fraction of sp³-hybridized carbons (Fsp3) is 0.0769. The van der Waals surface area contributed by atoms with Gasteiger partial charge in [0.1, 0.15) is 6.07 Å². The van der Waals surface area contributed by atoms with Crippen LogP contribution in [0.1, 0.15) is 11.3 Å². The minimum atomic E-state index is 0.582. The molecule has 0 spiro atoms. The number of nitrogens with one attached hydrogen (secondary N) is 1. The average molecular weight is 367 g/mol. The van der Waals surface area contributed by atoms with Crippen LogP contribution in [0.3, 0.4) is 0 Å². The zero-order chi connectivity index (χ0) is 13.0. The van der Waals surface area contributed by atoms with Gasteiger partial charge in [0.05, 0.1) is 23.5 Å². The number of pyridine rings is 1. The van der Waals surface area contributed by atoms with Gasteiger partial charge in [0.25, 0.3) is 0 Å². The van der Waals surface area contributed by atoms with Crippen LogP contribution in [0, 0.1) is 11.3 Å². The van der Waals surface area contributed by atoms with Gasteiger partial charge in [-0.25, -0.2) is 0 Å². The number of halogens is 2. The Bertz CT molecular complexity index is 588. The van der Waals surface area contributed by atoms with E-state index in [9.17, 15) is 0 Å². The first-order valence-electron chi connectivity index (χ1n) is 5.23. The second kappa shape index (κ2) is 5.98. The van der Waals surface area contributed by atoms with E-state index in [1.54, 1.807) is 12.3 Å². The minimum absolute atomic E-state index is 0.582. The van der Waals surface area contributed by atoms with Crippen molar-refractivity contribution in [1.29, 1.82) is 5.26 Å². The molecule has 0 saturated carbocycles. The third-order valence-corrected chi connectivity index (χ3v) is 3.31. The van der Waals surface area contributed by atoms with Gasteiger partial charge in [-0.05, 0) is 46.3 Å². The van der Waals surface area contributed by atoms with Crippen molar-refractivity contribution in [1.82, 2.24) is 4.98 Å². The molecule has 5 heteroatoms. The lowest BCUT2D eigenvalue weighted by Crippen LogP contribution is -2.02. The van der Waals surface area contributed by atoms with E-state index >= 15 is 0 Å². The highest BCUT2D eigenvalue weighted by Gasteiger charge is 2.03. The summed E-state index contributed by atoms with van der Waals surface area (Å²) in [4.78, 5) is 4.27. The number of hydrogen-bond acceptors (Lipinski definition) is 3. The van der Waals surface area contributed by atoms with Gasteiger partial charge in [-0.3, -0.25) is 4.98 Å². The Morgan fingerprint density at radius 1 is 1.17 bits per heavy atom. The van der Waals surface area contributed by atoms with Crippen LogP contribution in [0.15, 0.2) is 45.5 Å². The monoisotopic (exact) mass is 365 g/mol. The average Bonchev–Trinajstić information content (AvgIpc) is 2.38. The summed E-state index contributed by atoms with van der Waals surface area (Å²) in [5.74, 6) is 0. The first kappa shape index (κ1) is 13.1. The second-order valence-electron chi connectivity index (χ2n) is 3.62. The first-order valence-corrected chi connectivity index (χ1v) is 6.81. The number of nitrogens with zero attached hydrogens (tertiary/aromatic N) is 2. The largest absolute Gasteiger partial charge is 0.378 e. The Hall–Kier alpha value is -1.38. The van der Waals surface area contributed by atoms with E-state index in [2.05, 4.69) is 48.2 Å². The van der Waals surface area contributed by atoms with Gasteiger partial charge in [0.15, 0.2) is 0 Å². The number of hydrogen-bond donors (Lipinski definition) is 1. The molecule has 0 fully saturated rings. The number of anilines is 1. The van der Waals surface area contributed by atoms with Crippen molar-refractivity contribution < 1.29 is 0 Å². The third kappa shape index (κ3) is 3.31. The molecule has 0 radical (unpaired) electrons. The van der Waals surface area contributed by atoms with Crippen molar-refractivity contribution in [3.05, 3.63) is 56.7 Å². The summed E-state index contributed by atoms with van der Waals surface area (Å²) in [7, 11) is 0. The molecule has 0 aliphatic rings. The van der Waals surface area contributed by atoms with Crippen LogP contribution in [-0.4, -0.2) is 4.98 Å². The zero-order valence-electron chi connectivity index (χ0n) is 9.32. The van der Waals surface area contributed by atoms with Gasteiger partial charge < -0.3 is 5.32 Å². The highest BCUT2D eigenvalue weighted by Crippen LogP contribution is 2.21. The molecule has 0 unspecified atom stereocenters. The highest BCUT2D eigenvalue weighted by molar-refractivity contribution is 9.10. The first-order chi connectivity index (χ1) is 8.69. The summed E-state index contributed by atoms with van der Waals surface area (Å²) in [6.45, 7) is 0.582. The summed E-state index contributed by atoms with van der Waals surface area (Å²) >= 11 is 6.73. The molecule has 0 aliphatic carbocycles. The van der Waals surface area contributed by atoms with Crippen LogP contribution in [0.2, 0.25) is 0 Å². The minimum Gasteiger partial charge on any atom is -0.378 e. The quantitative estimate of drug-likeness (QED) is 0.889. The van der Waals surface area contributed by atoms with Crippen molar-refractivity contribution >= 4 is 37.5 Å². The molecule has 0 bridgehead atoms. The van der Waals surface area contributed by atoms with E-state index in [4.69, 9.17) is 5.26 Å². The fourth-order valence-electron chi connectivity index (χ4n) is 1.46. The number of nitriles is 1. The zero-order valence-corrected chi connectivity index (χ0v) is 12.5. The molecule has 3 nitrogen and oxygen atoms in total. The molecular formula is C13H9Br2N3. The number of aromatic nitrogens is 1. The van der Waals surface area contributed by atoms with Crippen molar-refractivity contribution in [3.8, 4) is 6.07 Å². The predicted molar refractivity (Wildman–Crippen MR) is 78.1 cm³/mol. The van der Waals surface area contributed by atoms with E-state index in [1.165, 1.54) is 0 Å². The predicted octanol–water partition coefficient (Wildman–Crippen LogP) is 4.09. The van der Waals surface area contributed by atoms with E-state index in [0.717, 1.165) is 20.3 Å². The molecule has 1 aromatic carbocycles. The summed E-state index contributed by atoms with van der Waals surface area (Å²) in [5.41, 5.74) is 2.34. The van der Waals surface area contributed by atoms with Gasteiger partial charge in [-0.15, -0.1) is 0 Å². The molecule has 2 aromatic rings. The smallest absolute Gasteiger partial charge is 0.101 e. The Labute approximate surface area is 122 Å². The van der Waals surface area contributed by atoms with Crippen molar-refractivity contribution in [2.45, 2.75) is 6.54 Å². The third-order valence-electron chi connectivity index (χ3n) is 2.35. The lowest BCUT2D eigenvalue weighted by Gasteiger charge is -2.08. The molecule has 90 valence electrons. The van der Waals surface area contributed by atoms with Gasteiger partial charge in [-0.2, -0.15) is 5.26 Å². The summed E-state index contributed by atoms with van der Waals surface area (Å²) < 4.78 is 1.89. The fourth-order valence-corrected chi connectivity index (χ4v) is 2.05. The Balaban J connectivity index is 2.13. The molecule has 1 aromatic heterocycles. The maximum atomic E-state index is 9.02. The van der Waals surface area contributed by atoms with Gasteiger partial charge in [0, 0.05) is 15.1 Å². The molecule has 2 rings (SSSR count). The van der Waals surface area contributed by atoms with Crippen LogP contribution in [0.25, 0.3) is 0 Å². The second-order valence-corrected chi connectivity index (χ2v) is 5.45. The Kier molecular flexibility index (Phi) is 4.34. The molecule has 1 N–H and O–H groups in total. The number of rotatable bonds is 3. The lowest BCUT2D eigenvalue weighted by molar-refractivity contribution is 1.04. The molecule has 0 atom stereocenters. The van der Waals surface area contributed by atoms with E-state index in [1.807, 2.05) is 24.3 Å². The molecule has 18 heavy (non-hydrogen) atoms. The van der Waals surface area contributed by atoms with Gasteiger partial charge in [-0.1, -0.05) is 15.9 Å². The summed E-state index contributed by atoms with van der Waals surface area (Å²) in [6.07, 6.45) is 1.75. The Morgan fingerprint density at radius 2 is 1.94 bits per heavy atom. The SMILES string of the molecule is N#Cc1ccc(Br)cc1NCc1ccc(Br)cn1.